The molecule has 0 spiro atoms. The summed E-state index contributed by atoms with van der Waals surface area (Å²) in [7, 11) is 0. The summed E-state index contributed by atoms with van der Waals surface area (Å²) in [4.78, 5) is 36.9. The molecule has 0 aliphatic rings. The zero-order valence-corrected chi connectivity index (χ0v) is 18.0. The molecular formula is C24H24O5S. The number of fused-ring (bicyclic) bond motifs is 2. The normalized spacial score (nSPS) is 13.0. The quantitative estimate of drug-likeness (QED) is 0.390. The van der Waals surface area contributed by atoms with Crippen molar-refractivity contribution in [1.82, 2.24) is 0 Å². The van der Waals surface area contributed by atoms with Gasteiger partial charge in [-0.3, -0.25) is 9.59 Å². The van der Waals surface area contributed by atoms with Crippen LogP contribution >= 0.6 is 11.8 Å². The Morgan fingerprint density at radius 3 is 2.03 bits per heavy atom. The summed E-state index contributed by atoms with van der Waals surface area (Å²) >= 11 is 1.06. The lowest BCUT2D eigenvalue weighted by Gasteiger charge is -2.22. The van der Waals surface area contributed by atoms with Crippen molar-refractivity contribution in [3.8, 4) is 0 Å². The molecule has 0 heterocycles. The van der Waals surface area contributed by atoms with E-state index in [2.05, 4.69) is 0 Å². The molecule has 5 nitrogen and oxygen atoms in total. The number of carbonyl (C=O) groups is 3. The van der Waals surface area contributed by atoms with Gasteiger partial charge in [-0.1, -0.05) is 67.2 Å². The number of benzene rings is 3. The molecule has 2 atom stereocenters. The van der Waals surface area contributed by atoms with Gasteiger partial charge in [0.05, 0.1) is 12.5 Å². The summed E-state index contributed by atoms with van der Waals surface area (Å²) in [5, 5.41) is 3.46. The first kappa shape index (κ1) is 21.8. The SMILES string of the molecule is CCOC(=O)[C@H](OC(=O)[C@H](C)CSC(C)=O)c1c2ccccc2cc2ccccc12. The Morgan fingerprint density at radius 2 is 1.50 bits per heavy atom. The molecule has 0 saturated heterocycles. The van der Waals surface area contributed by atoms with Crippen LogP contribution in [0.15, 0.2) is 54.6 Å². The molecule has 3 aromatic rings. The van der Waals surface area contributed by atoms with E-state index in [0.29, 0.717) is 11.3 Å². The van der Waals surface area contributed by atoms with E-state index in [4.69, 9.17) is 9.47 Å². The van der Waals surface area contributed by atoms with Crippen LogP contribution in [0.3, 0.4) is 0 Å². The summed E-state index contributed by atoms with van der Waals surface area (Å²) in [6.07, 6.45) is -1.20. The van der Waals surface area contributed by atoms with E-state index in [0.717, 1.165) is 33.3 Å². The Labute approximate surface area is 179 Å². The molecule has 0 unspecified atom stereocenters. The van der Waals surface area contributed by atoms with E-state index >= 15 is 0 Å². The first-order valence-electron chi connectivity index (χ1n) is 9.83. The van der Waals surface area contributed by atoms with Crippen LogP contribution in [0.1, 0.15) is 32.4 Å². The molecule has 156 valence electrons. The van der Waals surface area contributed by atoms with Crippen molar-refractivity contribution in [3.63, 3.8) is 0 Å². The average Bonchev–Trinajstić information content (AvgIpc) is 2.74. The number of hydrogen-bond donors (Lipinski definition) is 0. The van der Waals surface area contributed by atoms with Gasteiger partial charge in [-0.05, 0) is 34.5 Å². The number of rotatable bonds is 7. The molecular weight excluding hydrogens is 400 g/mol. The Hall–Kier alpha value is -2.86. The van der Waals surface area contributed by atoms with Crippen molar-refractivity contribution in [1.29, 1.82) is 0 Å². The van der Waals surface area contributed by atoms with Crippen LogP contribution in [0.2, 0.25) is 0 Å². The van der Waals surface area contributed by atoms with Crippen LogP contribution in [-0.2, 0) is 23.9 Å². The Morgan fingerprint density at radius 1 is 0.933 bits per heavy atom. The molecule has 0 fully saturated rings. The van der Waals surface area contributed by atoms with Crippen LogP contribution in [0.4, 0.5) is 0 Å². The van der Waals surface area contributed by atoms with E-state index in [1.807, 2.05) is 54.6 Å². The Bertz CT molecular complexity index is 1040. The fourth-order valence-corrected chi connectivity index (χ4v) is 3.94. The molecule has 0 aromatic heterocycles. The fourth-order valence-electron chi connectivity index (χ4n) is 3.32. The second-order valence-corrected chi connectivity index (χ2v) is 8.20. The molecule has 0 N–H and O–H groups in total. The largest absolute Gasteiger partial charge is 0.463 e. The zero-order valence-electron chi connectivity index (χ0n) is 17.2. The highest BCUT2D eigenvalue weighted by Gasteiger charge is 2.31. The summed E-state index contributed by atoms with van der Waals surface area (Å²) in [6.45, 7) is 5.02. The van der Waals surface area contributed by atoms with E-state index < -0.39 is 24.0 Å². The minimum atomic E-state index is -1.20. The third kappa shape index (κ3) is 4.82. The second-order valence-electron chi connectivity index (χ2n) is 7.01. The van der Waals surface area contributed by atoms with Gasteiger partial charge in [0.25, 0.3) is 0 Å². The maximum Gasteiger partial charge on any atom is 0.352 e. The maximum absolute atomic E-state index is 12.9. The molecule has 0 radical (unpaired) electrons. The summed E-state index contributed by atoms with van der Waals surface area (Å²) in [5.41, 5.74) is 0.613. The van der Waals surface area contributed by atoms with Crippen molar-refractivity contribution < 1.29 is 23.9 Å². The summed E-state index contributed by atoms with van der Waals surface area (Å²) in [6, 6.07) is 17.4. The lowest BCUT2D eigenvalue weighted by molar-refractivity contribution is -0.170. The Kier molecular flexibility index (Phi) is 7.11. The predicted molar refractivity (Wildman–Crippen MR) is 119 cm³/mol. The van der Waals surface area contributed by atoms with E-state index in [-0.39, 0.29) is 11.7 Å². The molecule has 3 rings (SSSR count). The molecule has 6 heteroatoms. The first-order valence-corrected chi connectivity index (χ1v) is 10.8. The third-order valence-electron chi connectivity index (χ3n) is 4.75. The zero-order chi connectivity index (χ0) is 21.7. The molecule has 0 aliphatic heterocycles. The van der Waals surface area contributed by atoms with Crippen LogP contribution in [0.25, 0.3) is 21.5 Å². The molecule has 0 amide bonds. The second kappa shape index (κ2) is 9.76. The van der Waals surface area contributed by atoms with Gasteiger partial charge in [0.2, 0.25) is 6.10 Å². The lowest BCUT2D eigenvalue weighted by atomic mass is 9.93. The van der Waals surface area contributed by atoms with Crippen LogP contribution in [-0.4, -0.2) is 29.4 Å². The summed E-state index contributed by atoms with van der Waals surface area (Å²) in [5.74, 6) is -1.41. The average molecular weight is 425 g/mol. The highest BCUT2D eigenvalue weighted by atomic mass is 32.2. The maximum atomic E-state index is 12.9. The molecule has 30 heavy (non-hydrogen) atoms. The molecule has 0 aliphatic carbocycles. The minimum Gasteiger partial charge on any atom is -0.463 e. The van der Waals surface area contributed by atoms with Crippen molar-refractivity contribution in [3.05, 3.63) is 60.2 Å². The van der Waals surface area contributed by atoms with Crippen LogP contribution in [0, 0.1) is 5.92 Å². The van der Waals surface area contributed by atoms with Crippen molar-refractivity contribution in [2.24, 2.45) is 5.92 Å². The minimum absolute atomic E-state index is 0.0726. The van der Waals surface area contributed by atoms with Crippen LogP contribution in [0.5, 0.6) is 0 Å². The van der Waals surface area contributed by atoms with Crippen molar-refractivity contribution >= 4 is 50.4 Å². The molecule has 3 aromatic carbocycles. The van der Waals surface area contributed by atoms with E-state index in [9.17, 15) is 14.4 Å². The predicted octanol–water partition coefficient (Wildman–Crippen LogP) is 5.06. The highest BCUT2D eigenvalue weighted by Crippen LogP contribution is 2.35. The van der Waals surface area contributed by atoms with Crippen molar-refractivity contribution in [2.75, 3.05) is 12.4 Å². The van der Waals surface area contributed by atoms with E-state index in [1.54, 1.807) is 13.8 Å². The highest BCUT2D eigenvalue weighted by molar-refractivity contribution is 8.13. The number of esters is 2. The van der Waals surface area contributed by atoms with Gasteiger partial charge in [0.1, 0.15) is 0 Å². The topological polar surface area (TPSA) is 69.7 Å². The molecule has 0 bridgehead atoms. The van der Waals surface area contributed by atoms with Gasteiger partial charge >= 0.3 is 11.9 Å². The van der Waals surface area contributed by atoms with Gasteiger partial charge in [-0.2, -0.15) is 0 Å². The van der Waals surface area contributed by atoms with E-state index in [1.165, 1.54) is 6.92 Å². The van der Waals surface area contributed by atoms with Crippen molar-refractivity contribution in [2.45, 2.75) is 26.9 Å². The van der Waals surface area contributed by atoms with Gasteiger partial charge in [-0.25, -0.2) is 4.79 Å². The van der Waals surface area contributed by atoms with Gasteiger partial charge < -0.3 is 9.47 Å². The van der Waals surface area contributed by atoms with Crippen LogP contribution < -0.4 is 0 Å². The fraction of sp³-hybridized carbons (Fsp3) is 0.292. The number of thioether (sulfide) groups is 1. The lowest BCUT2D eigenvalue weighted by Crippen LogP contribution is -2.26. The van der Waals surface area contributed by atoms with Gasteiger partial charge in [-0.15, -0.1) is 0 Å². The molecule has 0 saturated carbocycles. The number of hydrogen-bond acceptors (Lipinski definition) is 6. The van der Waals surface area contributed by atoms with Gasteiger partial charge in [0.15, 0.2) is 5.12 Å². The number of ether oxygens (including phenoxy) is 2. The smallest absolute Gasteiger partial charge is 0.352 e. The summed E-state index contributed by atoms with van der Waals surface area (Å²) < 4.78 is 11.0. The number of carbonyl (C=O) groups excluding carboxylic acids is 3. The van der Waals surface area contributed by atoms with Gasteiger partial charge in [0, 0.05) is 18.2 Å². The Balaban J connectivity index is 2.09. The first-order chi connectivity index (χ1) is 14.4. The third-order valence-corrected chi connectivity index (χ3v) is 5.82. The monoisotopic (exact) mass is 424 g/mol. The standard InChI is InChI=1S/C24H24O5S/c1-4-28-24(27)22(29-23(26)15(2)14-30-16(3)25)21-19-11-7-5-9-17(19)13-18-10-6-8-12-20(18)21/h5-13,15,22H,4,14H2,1-3H3/t15-,22-/m1/s1.